The molecule has 25 heavy (non-hydrogen) atoms. The summed E-state index contributed by atoms with van der Waals surface area (Å²) in [5.41, 5.74) is -3.19. The molecule has 1 spiro atoms. The highest BCUT2D eigenvalue weighted by Gasteiger charge is 2.83. The maximum Gasteiger partial charge on any atom is 0.312 e. The lowest BCUT2D eigenvalue weighted by atomic mass is 9.60. The number of hydrogen-bond donors (Lipinski definition) is 3. The number of carboxylic acids is 1. The van der Waals surface area contributed by atoms with Crippen LogP contribution in [-0.4, -0.2) is 44.6 Å². The number of rotatable bonds is 1. The first-order valence-corrected chi connectivity index (χ1v) is 9.17. The molecule has 8 atom stereocenters. The minimum Gasteiger partial charge on any atom is -0.481 e. The summed E-state index contributed by atoms with van der Waals surface area (Å²) in [6, 6.07) is 0. The first-order valence-electron chi connectivity index (χ1n) is 9.17. The molecule has 4 aliphatic carbocycles. The van der Waals surface area contributed by atoms with Crippen LogP contribution in [-0.2, 0) is 14.3 Å². The van der Waals surface area contributed by atoms with E-state index in [9.17, 15) is 24.9 Å². The van der Waals surface area contributed by atoms with Crippen LogP contribution in [0.25, 0.3) is 0 Å². The molecule has 1 saturated heterocycles. The summed E-state index contributed by atoms with van der Waals surface area (Å²) in [5.74, 6) is -2.61. The second-order valence-corrected chi connectivity index (χ2v) is 9.33. The Morgan fingerprint density at radius 1 is 1.36 bits per heavy atom. The quantitative estimate of drug-likeness (QED) is 0.487. The second-order valence-electron chi connectivity index (χ2n) is 9.33. The van der Waals surface area contributed by atoms with E-state index < -0.39 is 45.9 Å². The number of carbonyl (C=O) groups excluding carboxylic acids is 1. The monoisotopic (exact) mass is 348 g/mol. The summed E-state index contributed by atoms with van der Waals surface area (Å²) in [4.78, 5) is 25.1. The van der Waals surface area contributed by atoms with Gasteiger partial charge in [0.15, 0.2) is 0 Å². The summed E-state index contributed by atoms with van der Waals surface area (Å²) in [6.07, 6.45) is 1.96. The Bertz CT molecular complexity index is 731. The van der Waals surface area contributed by atoms with E-state index >= 15 is 0 Å². The van der Waals surface area contributed by atoms with E-state index in [0.717, 1.165) is 6.42 Å². The van der Waals surface area contributed by atoms with Crippen LogP contribution in [0.4, 0.5) is 0 Å². The lowest BCUT2D eigenvalue weighted by Crippen LogP contribution is -2.54. The van der Waals surface area contributed by atoms with Crippen molar-refractivity contribution in [2.24, 2.45) is 28.6 Å². The molecule has 6 heteroatoms. The van der Waals surface area contributed by atoms with Crippen molar-refractivity contribution in [2.75, 3.05) is 0 Å². The van der Waals surface area contributed by atoms with Gasteiger partial charge in [-0.25, -0.2) is 0 Å². The fourth-order valence-corrected chi connectivity index (χ4v) is 7.66. The van der Waals surface area contributed by atoms with Gasteiger partial charge in [-0.05, 0) is 56.4 Å². The minimum absolute atomic E-state index is 0.202. The SMILES string of the molecule is C=C1C[C@]23C[C@@]1(O)[C@@H](O)C[C@H]2[C@@]12CCC[C@](C)(C(=O)O1)[C@H]2[C@@H]3C(=O)O. The Morgan fingerprint density at radius 2 is 2.08 bits per heavy atom. The highest BCUT2D eigenvalue weighted by Crippen LogP contribution is 2.78. The zero-order valence-electron chi connectivity index (χ0n) is 14.3. The van der Waals surface area contributed by atoms with Gasteiger partial charge >= 0.3 is 11.9 Å². The van der Waals surface area contributed by atoms with E-state index in [4.69, 9.17) is 4.74 Å². The summed E-state index contributed by atoms with van der Waals surface area (Å²) in [7, 11) is 0. The maximum atomic E-state index is 12.7. The van der Waals surface area contributed by atoms with Crippen molar-refractivity contribution >= 4 is 11.9 Å². The summed E-state index contributed by atoms with van der Waals surface area (Å²) in [5, 5.41) is 31.8. The second kappa shape index (κ2) is 4.12. The van der Waals surface area contributed by atoms with Gasteiger partial charge in [0.25, 0.3) is 0 Å². The van der Waals surface area contributed by atoms with E-state index in [0.29, 0.717) is 24.8 Å². The number of carboxylic acid groups (broad SMARTS) is 1. The molecule has 4 bridgehead atoms. The number of hydrogen-bond acceptors (Lipinski definition) is 5. The van der Waals surface area contributed by atoms with Gasteiger partial charge in [0.05, 0.1) is 17.4 Å². The number of fused-ring (bicyclic) bond motifs is 1. The van der Waals surface area contributed by atoms with Gasteiger partial charge in [-0.3, -0.25) is 9.59 Å². The van der Waals surface area contributed by atoms with E-state index in [1.165, 1.54) is 0 Å². The normalized spacial score (nSPS) is 58.7. The van der Waals surface area contributed by atoms with Gasteiger partial charge in [0.2, 0.25) is 0 Å². The number of ether oxygens (including phenoxy) is 1. The Kier molecular flexibility index (Phi) is 2.61. The maximum absolute atomic E-state index is 12.7. The third-order valence-electron chi connectivity index (χ3n) is 8.49. The van der Waals surface area contributed by atoms with Gasteiger partial charge in [-0.1, -0.05) is 6.58 Å². The molecule has 0 radical (unpaired) electrons. The molecule has 4 saturated carbocycles. The zero-order chi connectivity index (χ0) is 18.0. The third kappa shape index (κ3) is 1.41. The molecule has 0 aromatic heterocycles. The summed E-state index contributed by atoms with van der Waals surface area (Å²) < 4.78 is 5.99. The average molecular weight is 348 g/mol. The van der Waals surface area contributed by atoms with E-state index in [1.807, 2.05) is 6.92 Å². The Balaban J connectivity index is 1.76. The number of aliphatic hydroxyl groups excluding tert-OH is 1. The molecule has 136 valence electrons. The van der Waals surface area contributed by atoms with Crippen molar-refractivity contribution in [1.29, 1.82) is 0 Å². The van der Waals surface area contributed by atoms with Crippen molar-refractivity contribution < 1.29 is 29.6 Å². The topological polar surface area (TPSA) is 104 Å². The largest absolute Gasteiger partial charge is 0.481 e. The zero-order valence-corrected chi connectivity index (χ0v) is 14.3. The fraction of sp³-hybridized carbons (Fsp3) is 0.789. The molecule has 1 aliphatic heterocycles. The fourth-order valence-electron chi connectivity index (χ4n) is 7.66. The number of aliphatic carboxylic acids is 1. The van der Waals surface area contributed by atoms with Crippen LogP contribution in [0.15, 0.2) is 12.2 Å². The lowest BCUT2D eigenvalue weighted by molar-refractivity contribution is -0.171. The highest BCUT2D eigenvalue weighted by molar-refractivity contribution is 5.84. The number of esters is 1. The van der Waals surface area contributed by atoms with Crippen LogP contribution in [0.1, 0.15) is 45.4 Å². The van der Waals surface area contributed by atoms with Gasteiger partial charge in [-0.15, -0.1) is 0 Å². The van der Waals surface area contributed by atoms with Crippen LogP contribution >= 0.6 is 0 Å². The molecule has 1 heterocycles. The molecule has 0 aromatic rings. The Hall–Kier alpha value is -1.40. The number of carbonyl (C=O) groups is 2. The minimum atomic E-state index is -1.42. The first kappa shape index (κ1) is 15.8. The molecule has 5 rings (SSSR count). The van der Waals surface area contributed by atoms with Crippen LogP contribution in [0.3, 0.4) is 0 Å². The van der Waals surface area contributed by atoms with Crippen molar-refractivity contribution in [1.82, 2.24) is 0 Å². The molecular weight excluding hydrogens is 324 g/mol. The predicted molar refractivity (Wildman–Crippen MR) is 85.3 cm³/mol. The standard InChI is InChI=1S/C19H24O6/c1-9-7-17-8-18(9,24)11(20)6-10(17)19-5-3-4-16(2,15(23)25-19)13(19)12(17)14(21)22/h10-13,20,24H,1,3-8H2,2H3,(H,21,22)/t10-,11+,12-,13-,16+,17+,18+,19-/m1/s1. The van der Waals surface area contributed by atoms with Gasteiger partial charge < -0.3 is 20.1 Å². The highest BCUT2D eigenvalue weighted by atomic mass is 16.6. The van der Waals surface area contributed by atoms with E-state index in [2.05, 4.69) is 6.58 Å². The molecule has 0 unspecified atom stereocenters. The van der Waals surface area contributed by atoms with Crippen molar-refractivity contribution in [3.8, 4) is 0 Å². The Morgan fingerprint density at radius 3 is 2.76 bits per heavy atom. The predicted octanol–water partition coefficient (Wildman–Crippen LogP) is 1.25. The first-order chi connectivity index (χ1) is 11.6. The Labute approximate surface area is 145 Å². The lowest BCUT2D eigenvalue weighted by Gasteiger charge is -2.47. The number of aliphatic hydroxyl groups is 2. The average Bonchev–Trinajstić information content (AvgIpc) is 2.93. The molecular formula is C19H24O6. The van der Waals surface area contributed by atoms with Gasteiger partial charge in [0, 0.05) is 11.8 Å². The van der Waals surface area contributed by atoms with Crippen molar-refractivity contribution in [3.63, 3.8) is 0 Å². The molecule has 0 aromatic carbocycles. The van der Waals surface area contributed by atoms with Crippen molar-refractivity contribution in [3.05, 3.63) is 12.2 Å². The van der Waals surface area contributed by atoms with E-state index in [-0.39, 0.29) is 24.7 Å². The van der Waals surface area contributed by atoms with Gasteiger partial charge in [-0.2, -0.15) is 0 Å². The summed E-state index contributed by atoms with van der Waals surface area (Å²) >= 11 is 0. The summed E-state index contributed by atoms with van der Waals surface area (Å²) in [6.45, 7) is 5.81. The van der Waals surface area contributed by atoms with Crippen LogP contribution in [0.2, 0.25) is 0 Å². The van der Waals surface area contributed by atoms with Crippen molar-refractivity contribution in [2.45, 2.75) is 62.8 Å². The molecule has 0 amide bonds. The smallest absolute Gasteiger partial charge is 0.312 e. The van der Waals surface area contributed by atoms with Crippen LogP contribution in [0.5, 0.6) is 0 Å². The molecule has 3 N–H and O–H groups in total. The van der Waals surface area contributed by atoms with E-state index in [1.54, 1.807) is 0 Å². The van der Waals surface area contributed by atoms with Crippen LogP contribution in [0, 0.1) is 28.6 Å². The molecule has 6 nitrogen and oxygen atoms in total. The molecule has 5 aliphatic rings. The van der Waals surface area contributed by atoms with Gasteiger partial charge in [0.1, 0.15) is 11.2 Å². The molecule has 5 fully saturated rings. The van der Waals surface area contributed by atoms with Crippen LogP contribution < -0.4 is 0 Å². The third-order valence-corrected chi connectivity index (χ3v) is 8.49.